The van der Waals surface area contributed by atoms with Crippen LogP contribution in [0.3, 0.4) is 0 Å². The predicted molar refractivity (Wildman–Crippen MR) is 106 cm³/mol. The molecule has 27 heavy (non-hydrogen) atoms. The minimum absolute atomic E-state index is 0.0648. The van der Waals surface area contributed by atoms with Gasteiger partial charge in [-0.25, -0.2) is 0 Å². The van der Waals surface area contributed by atoms with Gasteiger partial charge >= 0.3 is 0 Å². The molecular weight excluding hydrogens is 336 g/mol. The number of benzene rings is 2. The fourth-order valence-electron chi connectivity index (χ4n) is 3.94. The maximum Gasteiger partial charge on any atom is 0.228 e. The van der Waals surface area contributed by atoms with Crippen LogP contribution in [-0.4, -0.2) is 27.3 Å². The zero-order valence-corrected chi connectivity index (χ0v) is 15.1. The summed E-state index contributed by atoms with van der Waals surface area (Å²) in [5, 5.41) is 0. The van der Waals surface area contributed by atoms with Gasteiger partial charge in [0.2, 0.25) is 11.8 Å². The number of rotatable bonds is 4. The van der Waals surface area contributed by atoms with E-state index < -0.39 is 5.66 Å². The zero-order valence-electron chi connectivity index (χ0n) is 15.1. The van der Waals surface area contributed by atoms with E-state index in [1.807, 2.05) is 85.2 Å². The third-order valence-corrected chi connectivity index (χ3v) is 5.34. The fourth-order valence-corrected chi connectivity index (χ4v) is 3.94. The Labute approximate surface area is 159 Å². The van der Waals surface area contributed by atoms with Crippen molar-refractivity contribution in [3.05, 3.63) is 84.2 Å². The third-order valence-electron chi connectivity index (χ3n) is 5.34. The molecule has 0 aromatic heterocycles. The highest BCUT2D eigenvalue weighted by Crippen LogP contribution is 2.43. The van der Waals surface area contributed by atoms with Crippen molar-refractivity contribution in [2.45, 2.75) is 31.3 Å². The van der Waals surface area contributed by atoms with Crippen LogP contribution in [0.1, 0.15) is 36.8 Å². The molecule has 2 saturated heterocycles. The van der Waals surface area contributed by atoms with E-state index in [-0.39, 0.29) is 11.8 Å². The van der Waals surface area contributed by atoms with Crippen LogP contribution in [0.2, 0.25) is 0 Å². The van der Waals surface area contributed by atoms with Crippen LogP contribution in [0.15, 0.2) is 73.1 Å². The Balaban J connectivity index is 1.64. The molecule has 0 unspecified atom stereocenters. The second kappa shape index (κ2) is 7.23. The van der Waals surface area contributed by atoms with E-state index in [1.165, 1.54) is 0 Å². The standard InChI is InChI=1S/C23H22N2O2/c26-21-11-15-23(24(21)17-13-19-7-3-1-4-8-19)16-12-22(27)25(23)18-14-20-9-5-2-6-10-20/h1-10,13-14,17-18H,11-12,15-16H2. The largest absolute Gasteiger partial charge is 0.295 e. The van der Waals surface area contributed by atoms with Crippen LogP contribution in [-0.2, 0) is 9.59 Å². The van der Waals surface area contributed by atoms with E-state index in [4.69, 9.17) is 0 Å². The minimum atomic E-state index is -0.579. The van der Waals surface area contributed by atoms with Crippen LogP contribution >= 0.6 is 0 Å². The molecule has 0 saturated carbocycles. The predicted octanol–water partition coefficient (Wildman–Crippen LogP) is 4.27. The van der Waals surface area contributed by atoms with Crippen molar-refractivity contribution in [2.75, 3.05) is 0 Å². The zero-order chi connectivity index (χ0) is 18.7. The SMILES string of the molecule is O=C1CCC2(CCC(=O)N2C=Cc2ccccc2)N1C=Cc1ccccc1. The van der Waals surface area contributed by atoms with Crippen molar-refractivity contribution in [2.24, 2.45) is 0 Å². The Morgan fingerprint density at radius 2 is 1.07 bits per heavy atom. The molecule has 2 aromatic carbocycles. The number of likely N-dealkylation sites (tertiary alicyclic amines) is 2. The minimum Gasteiger partial charge on any atom is -0.295 e. The summed E-state index contributed by atoms with van der Waals surface area (Å²) in [5.41, 5.74) is 1.48. The van der Waals surface area contributed by atoms with Gasteiger partial charge in [0.05, 0.1) is 0 Å². The lowest BCUT2D eigenvalue weighted by Gasteiger charge is -2.39. The van der Waals surface area contributed by atoms with E-state index in [9.17, 15) is 9.59 Å². The van der Waals surface area contributed by atoms with E-state index in [0.29, 0.717) is 25.7 Å². The van der Waals surface area contributed by atoms with Gasteiger partial charge < -0.3 is 0 Å². The van der Waals surface area contributed by atoms with Gasteiger partial charge in [0.15, 0.2) is 0 Å². The van der Waals surface area contributed by atoms with E-state index in [0.717, 1.165) is 11.1 Å². The summed E-state index contributed by atoms with van der Waals surface area (Å²) in [7, 11) is 0. The van der Waals surface area contributed by atoms with Crippen molar-refractivity contribution >= 4 is 24.0 Å². The lowest BCUT2D eigenvalue weighted by Crippen LogP contribution is -2.51. The normalized spacial score (nSPS) is 22.8. The van der Waals surface area contributed by atoms with Crippen LogP contribution in [0.4, 0.5) is 0 Å². The molecule has 2 heterocycles. The molecule has 2 aliphatic heterocycles. The maximum absolute atomic E-state index is 12.6. The first kappa shape index (κ1) is 17.3. The first-order valence-corrected chi connectivity index (χ1v) is 9.30. The Morgan fingerprint density at radius 3 is 1.48 bits per heavy atom. The molecule has 2 amide bonds. The first-order valence-electron chi connectivity index (χ1n) is 9.30. The van der Waals surface area contributed by atoms with Crippen molar-refractivity contribution in [3.63, 3.8) is 0 Å². The van der Waals surface area contributed by atoms with Crippen molar-refractivity contribution < 1.29 is 9.59 Å². The summed E-state index contributed by atoms with van der Waals surface area (Å²) in [6.45, 7) is 0. The average molecular weight is 358 g/mol. The van der Waals surface area contributed by atoms with Gasteiger partial charge in [-0.15, -0.1) is 0 Å². The summed E-state index contributed by atoms with van der Waals surface area (Å²) >= 11 is 0. The third kappa shape index (κ3) is 3.31. The molecular formula is C23H22N2O2. The molecule has 0 bridgehead atoms. The van der Waals surface area contributed by atoms with Crippen molar-refractivity contribution in [3.8, 4) is 0 Å². The van der Waals surface area contributed by atoms with Gasteiger partial charge in [0.1, 0.15) is 5.66 Å². The highest BCUT2D eigenvalue weighted by atomic mass is 16.2. The highest BCUT2D eigenvalue weighted by molar-refractivity contribution is 5.87. The van der Waals surface area contributed by atoms with Crippen LogP contribution in [0.25, 0.3) is 12.2 Å². The number of carbonyl (C=O) groups excluding carboxylic acids is 2. The number of hydrogen-bond acceptors (Lipinski definition) is 2. The first-order chi connectivity index (χ1) is 13.2. The molecule has 2 aromatic rings. The smallest absolute Gasteiger partial charge is 0.228 e. The second-order valence-corrected chi connectivity index (χ2v) is 6.96. The lowest BCUT2D eigenvalue weighted by atomic mass is 10.0. The Morgan fingerprint density at radius 1 is 0.667 bits per heavy atom. The summed E-state index contributed by atoms with van der Waals surface area (Å²) in [6.07, 6.45) is 9.80. The maximum atomic E-state index is 12.6. The van der Waals surface area contributed by atoms with Gasteiger partial charge in [-0.1, -0.05) is 60.7 Å². The number of amides is 2. The number of hydrogen-bond donors (Lipinski definition) is 0. The summed E-state index contributed by atoms with van der Waals surface area (Å²) in [4.78, 5) is 28.7. The summed E-state index contributed by atoms with van der Waals surface area (Å²) in [5.74, 6) is 0.130. The van der Waals surface area contributed by atoms with E-state index in [1.54, 1.807) is 9.80 Å². The Hall–Kier alpha value is -3.14. The molecule has 1 spiro atoms. The van der Waals surface area contributed by atoms with Crippen LogP contribution in [0, 0.1) is 0 Å². The van der Waals surface area contributed by atoms with Gasteiger partial charge in [-0.05, 0) is 36.1 Å². The lowest BCUT2D eigenvalue weighted by molar-refractivity contribution is -0.135. The number of carbonyl (C=O) groups is 2. The molecule has 2 aliphatic rings. The molecule has 136 valence electrons. The molecule has 2 fully saturated rings. The molecule has 0 N–H and O–H groups in total. The van der Waals surface area contributed by atoms with Gasteiger partial charge in [0.25, 0.3) is 0 Å². The molecule has 4 rings (SSSR count). The van der Waals surface area contributed by atoms with Gasteiger partial charge in [0, 0.05) is 25.2 Å². The average Bonchev–Trinajstić information content (AvgIpc) is 3.20. The molecule has 0 atom stereocenters. The van der Waals surface area contributed by atoms with Crippen LogP contribution in [0.5, 0.6) is 0 Å². The van der Waals surface area contributed by atoms with Crippen molar-refractivity contribution in [1.29, 1.82) is 0 Å². The monoisotopic (exact) mass is 358 g/mol. The Kier molecular flexibility index (Phi) is 4.63. The second-order valence-electron chi connectivity index (χ2n) is 6.96. The van der Waals surface area contributed by atoms with E-state index in [2.05, 4.69) is 0 Å². The molecule has 4 heteroatoms. The van der Waals surface area contributed by atoms with Crippen molar-refractivity contribution in [1.82, 2.24) is 9.80 Å². The van der Waals surface area contributed by atoms with Crippen LogP contribution < -0.4 is 0 Å². The highest BCUT2D eigenvalue weighted by Gasteiger charge is 2.53. The topological polar surface area (TPSA) is 40.6 Å². The summed E-state index contributed by atoms with van der Waals surface area (Å²) < 4.78 is 0. The molecule has 0 aliphatic carbocycles. The quantitative estimate of drug-likeness (QED) is 0.819. The molecule has 4 nitrogen and oxygen atoms in total. The van der Waals surface area contributed by atoms with Gasteiger partial charge in [-0.2, -0.15) is 0 Å². The summed E-state index contributed by atoms with van der Waals surface area (Å²) in [6, 6.07) is 19.8. The number of nitrogens with zero attached hydrogens (tertiary/aromatic N) is 2. The van der Waals surface area contributed by atoms with Gasteiger partial charge in [-0.3, -0.25) is 19.4 Å². The molecule has 0 radical (unpaired) electrons. The van der Waals surface area contributed by atoms with E-state index >= 15 is 0 Å². The fraction of sp³-hybridized carbons (Fsp3) is 0.217. The Bertz CT molecular complexity index is 812.